The predicted octanol–water partition coefficient (Wildman–Crippen LogP) is 2.86. The zero-order chi connectivity index (χ0) is 20.8. The molecule has 0 fully saturated rings. The van der Waals surface area contributed by atoms with E-state index < -0.39 is 18.5 Å². The Morgan fingerprint density at radius 3 is 2.66 bits per heavy atom. The third-order valence-electron chi connectivity index (χ3n) is 4.31. The Labute approximate surface area is 168 Å². The Bertz CT molecular complexity index is 897. The standard InChI is InChI=1S/C21H23NO7/c1-4-26-18-10-15(6-7-16(18)25-3)21(24)27-11-20(23)22-13(2)14-5-8-17-19(9-14)29-12-28-17/h5-10,13H,4,11-12H2,1-3H3,(H,22,23)/t13-/m1/s1. The summed E-state index contributed by atoms with van der Waals surface area (Å²) in [6.07, 6.45) is 0. The van der Waals surface area contributed by atoms with E-state index in [9.17, 15) is 9.59 Å². The lowest BCUT2D eigenvalue weighted by atomic mass is 10.1. The van der Waals surface area contributed by atoms with Gasteiger partial charge in [-0.3, -0.25) is 4.79 Å². The third kappa shape index (κ3) is 4.90. The molecule has 0 aliphatic carbocycles. The van der Waals surface area contributed by atoms with Crippen LogP contribution in [0.15, 0.2) is 36.4 Å². The van der Waals surface area contributed by atoms with Gasteiger partial charge in [-0.05, 0) is 49.7 Å². The van der Waals surface area contributed by atoms with Crippen LogP contribution < -0.4 is 24.3 Å². The van der Waals surface area contributed by atoms with Crippen LogP contribution in [0, 0.1) is 0 Å². The second-order valence-corrected chi connectivity index (χ2v) is 6.28. The van der Waals surface area contributed by atoms with E-state index >= 15 is 0 Å². The Morgan fingerprint density at radius 2 is 1.90 bits per heavy atom. The van der Waals surface area contributed by atoms with Crippen molar-refractivity contribution in [3.8, 4) is 23.0 Å². The van der Waals surface area contributed by atoms with Crippen LogP contribution >= 0.6 is 0 Å². The highest BCUT2D eigenvalue weighted by molar-refractivity contribution is 5.92. The van der Waals surface area contributed by atoms with Crippen LogP contribution in [0.3, 0.4) is 0 Å². The number of amides is 1. The van der Waals surface area contributed by atoms with Gasteiger partial charge in [0, 0.05) is 0 Å². The molecule has 8 nitrogen and oxygen atoms in total. The number of nitrogens with one attached hydrogen (secondary N) is 1. The van der Waals surface area contributed by atoms with Gasteiger partial charge in [0.15, 0.2) is 29.6 Å². The summed E-state index contributed by atoms with van der Waals surface area (Å²) < 4.78 is 26.4. The number of methoxy groups -OCH3 is 1. The lowest BCUT2D eigenvalue weighted by Gasteiger charge is -2.15. The topological polar surface area (TPSA) is 92.3 Å². The van der Waals surface area contributed by atoms with E-state index in [4.69, 9.17) is 23.7 Å². The fourth-order valence-corrected chi connectivity index (χ4v) is 2.84. The fraction of sp³-hybridized carbons (Fsp3) is 0.333. The quantitative estimate of drug-likeness (QED) is 0.680. The van der Waals surface area contributed by atoms with Crippen molar-refractivity contribution < 1.29 is 33.3 Å². The maximum atomic E-state index is 12.3. The largest absolute Gasteiger partial charge is 0.493 e. The van der Waals surface area contributed by atoms with E-state index in [1.54, 1.807) is 18.2 Å². The second-order valence-electron chi connectivity index (χ2n) is 6.28. The number of carbonyl (C=O) groups is 2. The Morgan fingerprint density at radius 1 is 1.10 bits per heavy atom. The molecule has 3 rings (SSSR count). The Hall–Kier alpha value is -3.42. The molecule has 1 atom stereocenters. The summed E-state index contributed by atoms with van der Waals surface area (Å²) in [7, 11) is 1.52. The number of fused-ring (bicyclic) bond motifs is 1. The zero-order valence-electron chi connectivity index (χ0n) is 16.5. The van der Waals surface area contributed by atoms with Crippen LogP contribution in [0.4, 0.5) is 0 Å². The van der Waals surface area contributed by atoms with Gasteiger partial charge in [-0.1, -0.05) is 6.07 Å². The molecule has 1 aliphatic rings. The lowest BCUT2D eigenvalue weighted by molar-refractivity contribution is -0.124. The number of rotatable bonds is 8. The molecule has 1 N–H and O–H groups in total. The number of carbonyl (C=O) groups excluding carboxylic acids is 2. The van der Waals surface area contributed by atoms with Gasteiger partial charge in [-0.2, -0.15) is 0 Å². The molecule has 0 aromatic heterocycles. The first-order valence-electron chi connectivity index (χ1n) is 9.18. The minimum absolute atomic E-state index is 0.186. The minimum Gasteiger partial charge on any atom is -0.493 e. The van der Waals surface area contributed by atoms with Crippen molar-refractivity contribution in [2.24, 2.45) is 0 Å². The van der Waals surface area contributed by atoms with Gasteiger partial charge >= 0.3 is 5.97 Å². The maximum absolute atomic E-state index is 12.3. The van der Waals surface area contributed by atoms with Crippen LogP contribution in [-0.2, 0) is 9.53 Å². The van der Waals surface area contributed by atoms with Gasteiger partial charge in [-0.15, -0.1) is 0 Å². The molecule has 29 heavy (non-hydrogen) atoms. The van der Waals surface area contributed by atoms with Gasteiger partial charge in [0.2, 0.25) is 6.79 Å². The number of hydrogen-bond acceptors (Lipinski definition) is 7. The number of hydrogen-bond donors (Lipinski definition) is 1. The highest BCUT2D eigenvalue weighted by Crippen LogP contribution is 2.34. The van der Waals surface area contributed by atoms with Crippen molar-refractivity contribution in [1.82, 2.24) is 5.32 Å². The molecular formula is C21H23NO7. The van der Waals surface area contributed by atoms with E-state index in [-0.39, 0.29) is 18.4 Å². The van der Waals surface area contributed by atoms with Crippen LogP contribution in [0.25, 0.3) is 0 Å². The van der Waals surface area contributed by atoms with Crippen molar-refractivity contribution in [2.75, 3.05) is 27.1 Å². The van der Waals surface area contributed by atoms with E-state index in [2.05, 4.69) is 5.32 Å². The summed E-state index contributed by atoms with van der Waals surface area (Å²) >= 11 is 0. The van der Waals surface area contributed by atoms with Crippen molar-refractivity contribution in [1.29, 1.82) is 0 Å². The molecule has 0 spiro atoms. The average molecular weight is 401 g/mol. The number of benzene rings is 2. The van der Waals surface area contributed by atoms with Crippen molar-refractivity contribution in [3.63, 3.8) is 0 Å². The first kappa shape index (κ1) is 20.3. The molecule has 2 aromatic rings. The summed E-state index contributed by atoms with van der Waals surface area (Å²) in [5, 5.41) is 2.79. The first-order chi connectivity index (χ1) is 14.0. The van der Waals surface area contributed by atoms with Gasteiger partial charge in [0.05, 0.1) is 25.3 Å². The predicted molar refractivity (Wildman–Crippen MR) is 104 cm³/mol. The minimum atomic E-state index is -0.625. The highest BCUT2D eigenvalue weighted by atomic mass is 16.7. The molecule has 0 radical (unpaired) electrons. The van der Waals surface area contributed by atoms with Gasteiger partial charge < -0.3 is 29.0 Å². The van der Waals surface area contributed by atoms with Crippen molar-refractivity contribution in [2.45, 2.75) is 19.9 Å². The van der Waals surface area contributed by atoms with Crippen LogP contribution in [0.2, 0.25) is 0 Å². The molecule has 2 aromatic carbocycles. The number of ether oxygens (including phenoxy) is 5. The van der Waals surface area contributed by atoms with Crippen LogP contribution in [0.5, 0.6) is 23.0 Å². The molecule has 1 amide bonds. The summed E-state index contributed by atoms with van der Waals surface area (Å²) in [4.78, 5) is 24.4. The molecule has 0 bridgehead atoms. The molecule has 154 valence electrons. The maximum Gasteiger partial charge on any atom is 0.338 e. The Kier molecular flexibility index (Phi) is 6.43. The number of esters is 1. The lowest BCUT2D eigenvalue weighted by Crippen LogP contribution is -2.31. The molecule has 0 saturated carbocycles. The van der Waals surface area contributed by atoms with E-state index in [1.807, 2.05) is 26.0 Å². The second kappa shape index (κ2) is 9.18. The van der Waals surface area contributed by atoms with Crippen LogP contribution in [0.1, 0.15) is 35.8 Å². The molecule has 1 aliphatic heterocycles. The van der Waals surface area contributed by atoms with Gasteiger partial charge in [-0.25, -0.2) is 4.79 Å². The smallest absolute Gasteiger partial charge is 0.338 e. The normalized spacial score (nSPS) is 12.8. The van der Waals surface area contributed by atoms with Crippen molar-refractivity contribution in [3.05, 3.63) is 47.5 Å². The van der Waals surface area contributed by atoms with Crippen LogP contribution in [-0.4, -0.2) is 39.0 Å². The summed E-state index contributed by atoms with van der Waals surface area (Å²) in [6, 6.07) is 9.85. The molecule has 1 heterocycles. The molecular weight excluding hydrogens is 378 g/mol. The summed E-state index contributed by atoms with van der Waals surface area (Å²) in [5.74, 6) is 1.22. The Balaban J connectivity index is 1.54. The summed E-state index contributed by atoms with van der Waals surface area (Å²) in [6.45, 7) is 3.87. The van der Waals surface area contributed by atoms with E-state index in [0.29, 0.717) is 29.6 Å². The fourth-order valence-electron chi connectivity index (χ4n) is 2.84. The monoisotopic (exact) mass is 401 g/mol. The SMILES string of the molecule is CCOc1cc(C(=O)OCC(=O)N[C@H](C)c2ccc3c(c2)OCO3)ccc1OC. The van der Waals surface area contributed by atoms with E-state index in [1.165, 1.54) is 13.2 Å². The van der Waals surface area contributed by atoms with Crippen molar-refractivity contribution >= 4 is 11.9 Å². The third-order valence-corrected chi connectivity index (χ3v) is 4.31. The molecule has 0 unspecified atom stereocenters. The highest BCUT2D eigenvalue weighted by Gasteiger charge is 2.18. The van der Waals surface area contributed by atoms with Gasteiger partial charge in [0.25, 0.3) is 5.91 Å². The molecule has 8 heteroatoms. The molecule has 0 saturated heterocycles. The summed E-state index contributed by atoms with van der Waals surface area (Å²) in [5.41, 5.74) is 1.12. The van der Waals surface area contributed by atoms with Gasteiger partial charge in [0.1, 0.15) is 0 Å². The van der Waals surface area contributed by atoms with E-state index in [0.717, 1.165) is 5.56 Å². The first-order valence-corrected chi connectivity index (χ1v) is 9.18. The zero-order valence-corrected chi connectivity index (χ0v) is 16.5. The average Bonchev–Trinajstić information content (AvgIpc) is 3.20.